The average molecular weight is 336 g/mol. The average Bonchev–Trinajstić information content (AvgIpc) is 2.91. The van der Waals surface area contributed by atoms with Crippen molar-refractivity contribution in [1.29, 1.82) is 0 Å². The fourth-order valence-electron chi connectivity index (χ4n) is 3.32. The Labute approximate surface area is 138 Å². The molecule has 1 saturated heterocycles. The lowest BCUT2D eigenvalue weighted by atomic mass is 9.89. The van der Waals surface area contributed by atoms with Crippen LogP contribution >= 0.6 is 0 Å². The Morgan fingerprint density at radius 1 is 1.08 bits per heavy atom. The van der Waals surface area contributed by atoms with Gasteiger partial charge in [0, 0.05) is 13.0 Å². The molecule has 24 heavy (non-hydrogen) atoms. The van der Waals surface area contributed by atoms with Crippen molar-refractivity contribution in [3.8, 4) is 0 Å². The van der Waals surface area contributed by atoms with Crippen LogP contribution < -0.4 is 5.43 Å². The van der Waals surface area contributed by atoms with Gasteiger partial charge in [-0.05, 0) is 27.8 Å². The minimum absolute atomic E-state index is 0.0449. The van der Waals surface area contributed by atoms with Crippen molar-refractivity contribution in [1.82, 2.24) is 10.4 Å². The van der Waals surface area contributed by atoms with Gasteiger partial charge >= 0.3 is 6.18 Å². The highest BCUT2D eigenvalue weighted by Gasteiger charge is 2.47. The summed E-state index contributed by atoms with van der Waals surface area (Å²) in [5.41, 5.74) is 3.41. The van der Waals surface area contributed by atoms with Crippen LogP contribution in [0.25, 0.3) is 10.8 Å². The van der Waals surface area contributed by atoms with Crippen LogP contribution in [0, 0.1) is 0 Å². The second kappa shape index (κ2) is 6.09. The van der Waals surface area contributed by atoms with Crippen LogP contribution in [0.4, 0.5) is 13.2 Å². The van der Waals surface area contributed by atoms with E-state index in [2.05, 4.69) is 5.43 Å². The summed E-state index contributed by atoms with van der Waals surface area (Å²) >= 11 is 0. The smallest absolute Gasteiger partial charge is 0.288 e. The molecule has 0 bridgehead atoms. The topological polar surface area (TPSA) is 32.3 Å². The molecule has 128 valence electrons. The zero-order valence-corrected chi connectivity index (χ0v) is 13.5. The predicted molar refractivity (Wildman–Crippen MR) is 86.3 cm³/mol. The molecule has 1 fully saturated rings. The fraction of sp³-hybridized carbons (Fsp3) is 0.389. The third kappa shape index (κ3) is 2.98. The first-order valence-corrected chi connectivity index (χ1v) is 7.93. The summed E-state index contributed by atoms with van der Waals surface area (Å²) in [6, 6.07) is 8.66. The van der Waals surface area contributed by atoms with Crippen molar-refractivity contribution in [3.63, 3.8) is 0 Å². The Bertz CT molecular complexity index is 765. The highest BCUT2D eigenvalue weighted by Crippen LogP contribution is 2.42. The Balaban J connectivity index is 2.23. The molecule has 0 saturated carbocycles. The number of nitrogens with zero attached hydrogens (tertiary/aromatic N) is 1. The first-order valence-electron chi connectivity index (χ1n) is 7.93. The largest absolute Gasteiger partial charge is 0.409 e. The SMILES string of the molecule is CC(C)c1cccc2cccc([C@H](N3CCC(=O)N3)C(F)(F)F)c12. The maximum atomic E-state index is 13.9. The molecule has 0 aromatic heterocycles. The summed E-state index contributed by atoms with van der Waals surface area (Å²) < 4.78 is 41.6. The summed E-state index contributed by atoms with van der Waals surface area (Å²) in [6.45, 7) is 3.97. The highest BCUT2D eigenvalue weighted by molar-refractivity contribution is 5.90. The minimum Gasteiger partial charge on any atom is -0.288 e. The van der Waals surface area contributed by atoms with Gasteiger partial charge in [-0.3, -0.25) is 10.2 Å². The molecule has 0 radical (unpaired) electrons. The molecule has 3 nitrogen and oxygen atoms in total. The van der Waals surface area contributed by atoms with Gasteiger partial charge in [0.05, 0.1) is 0 Å². The maximum absolute atomic E-state index is 13.9. The molecule has 1 aliphatic rings. The molecular weight excluding hydrogens is 317 g/mol. The molecule has 0 unspecified atom stereocenters. The molecule has 1 heterocycles. The van der Waals surface area contributed by atoms with Gasteiger partial charge in [-0.25, -0.2) is 5.01 Å². The third-order valence-corrected chi connectivity index (χ3v) is 4.36. The molecule has 1 aliphatic heterocycles. The number of rotatable bonds is 3. The monoisotopic (exact) mass is 336 g/mol. The summed E-state index contributed by atoms with van der Waals surface area (Å²) in [5, 5.41) is 2.41. The zero-order chi connectivity index (χ0) is 17.5. The molecule has 0 spiro atoms. The maximum Gasteiger partial charge on any atom is 0.409 e. The number of amides is 1. The number of carbonyl (C=O) groups excluding carboxylic acids is 1. The molecule has 0 aliphatic carbocycles. The van der Waals surface area contributed by atoms with Gasteiger partial charge in [-0.2, -0.15) is 13.2 Å². The van der Waals surface area contributed by atoms with E-state index >= 15 is 0 Å². The lowest BCUT2D eigenvalue weighted by Gasteiger charge is -2.31. The normalized spacial score (nSPS) is 17.5. The predicted octanol–water partition coefficient (Wildman–Crippen LogP) is 4.30. The van der Waals surface area contributed by atoms with Crippen LogP contribution in [0.2, 0.25) is 0 Å². The van der Waals surface area contributed by atoms with Gasteiger partial charge in [0.25, 0.3) is 0 Å². The molecule has 1 amide bonds. The van der Waals surface area contributed by atoms with E-state index in [9.17, 15) is 18.0 Å². The molecule has 2 aromatic carbocycles. The van der Waals surface area contributed by atoms with Gasteiger partial charge in [-0.15, -0.1) is 0 Å². The van der Waals surface area contributed by atoms with E-state index in [4.69, 9.17) is 0 Å². The third-order valence-electron chi connectivity index (χ3n) is 4.36. The highest BCUT2D eigenvalue weighted by atomic mass is 19.4. The van der Waals surface area contributed by atoms with Gasteiger partial charge in [0.2, 0.25) is 5.91 Å². The molecule has 6 heteroatoms. The van der Waals surface area contributed by atoms with E-state index in [0.717, 1.165) is 16.0 Å². The lowest BCUT2D eigenvalue weighted by molar-refractivity contribution is -0.190. The van der Waals surface area contributed by atoms with E-state index in [0.29, 0.717) is 5.39 Å². The minimum atomic E-state index is -4.49. The Kier molecular flexibility index (Phi) is 4.25. The summed E-state index contributed by atoms with van der Waals surface area (Å²) in [5.74, 6) is -0.287. The molecular formula is C18H19F3N2O. The summed E-state index contributed by atoms with van der Waals surface area (Å²) in [7, 11) is 0. The van der Waals surface area contributed by atoms with Crippen molar-refractivity contribution < 1.29 is 18.0 Å². The quantitative estimate of drug-likeness (QED) is 0.906. The van der Waals surface area contributed by atoms with Crippen molar-refractivity contribution in [2.75, 3.05) is 6.54 Å². The van der Waals surface area contributed by atoms with Gasteiger partial charge in [0.1, 0.15) is 0 Å². The molecule has 1 atom stereocenters. The Morgan fingerprint density at radius 2 is 1.71 bits per heavy atom. The van der Waals surface area contributed by atoms with Crippen LogP contribution in [0.3, 0.4) is 0 Å². The number of nitrogens with one attached hydrogen (secondary N) is 1. The first-order chi connectivity index (χ1) is 11.3. The molecule has 3 rings (SSSR count). The Morgan fingerprint density at radius 3 is 2.21 bits per heavy atom. The van der Waals surface area contributed by atoms with Crippen molar-refractivity contribution in [2.24, 2.45) is 0 Å². The Hall–Kier alpha value is -2.08. The van der Waals surface area contributed by atoms with Crippen molar-refractivity contribution >= 4 is 16.7 Å². The van der Waals surface area contributed by atoms with Crippen molar-refractivity contribution in [2.45, 2.75) is 38.4 Å². The van der Waals surface area contributed by atoms with Crippen LogP contribution in [0.15, 0.2) is 36.4 Å². The zero-order valence-electron chi connectivity index (χ0n) is 13.5. The van der Waals surface area contributed by atoms with Crippen LogP contribution in [0.5, 0.6) is 0 Å². The van der Waals surface area contributed by atoms with Gasteiger partial charge in [0.15, 0.2) is 6.04 Å². The second-order valence-corrected chi connectivity index (χ2v) is 6.37. The number of hydrogen-bond donors (Lipinski definition) is 1. The first kappa shape index (κ1) is 16.8. The van der Waals surface area contributed by atoms with Crippen LogP contribution in [-0.2, 0) is 4.79 Å². The number of hydrazine groups is 1. The van der Waals surface area contributed by atoms with E-state index in [1.807, 2.05) is 38.1 Å². The van der Waals surface area contributed by atoms with Gasteiger partial charge in [-0.1, -0.05) is 50.2 Å². The summed E-state index contributed by atoms with van der Waals surface area (Å²) in [6.07, 6.45) is -4.41. The number of benzene rings is 2. The molecule has 2 aromatic rings. The molecule has 1 N–H and O–H groups in total. The number of alkyl halides is 3. The van der Waals surface area contributed by atoms with E-state index in [1.54, 1.807) is 6.07 Å². The van der Waals surface area contributed by atoms with E-state index in [-0.39, 0.29) is 30.4 Å². The second-order valence-electron chi connectivity index (χ2n) is 6.37. The number of hydrogen-bond acceptors (Lipinski definition) is 2. The number of halogens is 3. The fourth-order valence-corrected chi connectivity index (χ4v) is 3.32. The van der Waals surface area contributed by atoms with Crippen LogP contribution in [0.1, 0.15) is 43.4 Å². The van der Waals surface area contributed by atoms with Crippen LogP contribution in [-0.4, -0.2) is 23.6 Å². The standard InChI is InChI=1S/C18H19F3N2O/c1-11(2)13-7-3-5-12-6-4-8-14(16(12)13)17(18(19,20)21)23-10-9-15(24)22-23/h3-8,11,17H,9-10H2,1-2H3,(H,22,24)/t17-/m0/s1. The van der Waals surface area contributed by atoms with E-state index in [1.165, 1.54) is 6.07 Å². The van der Waals surface area contributed by atoms with Crippen molar-refractivity contribution in [3.05, 3.63) is 47.5 Å². The van der Waals surface area contributed by atoms with Gasteiger partial charge < -0.3 is 0 Å². The number of carbonyl (C=O) groups is 1. The number of fused-ring (bicyclic) bond motifs is 1. The lowest BCUT2D eigenvalue weighted by Crippen LogP contribution is -2.43. The van der Waals surface area contributed by atoms with E-state index < -0.39 is 12.2 Å². The summed E-state index contributed by atoms with van der Waals surface area (Å²) in [4.78, 5) is 11.4.